The van der Waals surface area contributed by atoms with Gasteiger partial charge in [0.05, 0.1) is 12.2 Å². The number of halogens is 1. The molecule has 398 valence electrons. The van der Waals surface area contributed by atoms with E-state index in [-0.39, 0.29) is 16.6 Å². The Kier molecular flexibility index (Phi) is 58.8. The van der Waals surface area contributed by atoms with Crippen LogP contribution in [0.2, 0.25) is 0 Å². The van der Waals surface area contributed by atoms with Gasteiger partial charge >= 0.3 is 0 Å². The van der Waals surface area contributed by atoms with E-state index in [0.29, 0.717) is 37.9 Å². The lowest BCUT2D eigenvalue weighted by Gasteiger charge is -2.26. The zero-order chi connectivity index (χ0) is 50.4. The zero-order valence-electron chi connectivity index (χ0n) is 45.6. The van der Waals surface area contributed by atoms with Crippen LogP contribution in [0.5, 0.6) is 0 Å². The molecule has 11 heteroatoms. The molecule has 0 aromatic rings. The molecule has 1 N–H and O–H groups in total. The number of amides is 1. The van der Waals surface area contributed by atoms with Gasteiger partial charge in [-0.3, -0.25) is 14.6 Å². The average Bonchev–Trinajstić information content (AvgIpc) is 3.34. The largest absolute Gasteiger partial charge is 0.381 e. The minimum absolute atomic E-state index is 0.120. The first-order valence-electron chi connectivity index (χ1n) is 27.8. The van der Waals surface area contributed by atoms with Gasteiger partial charge < -0.3 is 29.3 Å². The van der Waals surface area contributed by atoms with Gasteiger partial charge in [-0.05, 0) is 77.4 Å². The van der Waals surface area contributed by atoms with Crippen molar-refractivity contribution in [3.8, 4) is 0 Å². The van der Waals surface area contributed by atoms with Crippen molar-refractivity contribution in [1.29, 1.82) is 0 Å². The summed E-state index contributed by atoms with van der Waals surface area (Å²) in [5.41, 5.74) is 0.120. The van der Waals surface area contributed by atoms with E-state index < -0.39 is 0 Å². The fourth-order valence-corrected chi connectivity index (χ4v) is 8.18. The number of allylic oxidation sites excluding steroid dienone is 1. The van der Waals surface area contributed by atoms with Gasteiger partial charge in [0.1, 0.15) is 23.3 Å². The van der Waals surface area contributed by atoms with Crippen molar-refractivity contribution in [1.82, 2.24) is 20.2 Å². The maximum atomic E-state index is 12.6. The minimum Gasteiger partial charge on any atom is -0.381 e. The van der Waals surface area contributed by atoms with Crippen LogP contribution in [0.25, 0.3) is 0 Å². The third kappa shape index (κ3) is 48.9. The molecule has 0 aromatic heterocycles. The summed E-state index contributed by atoms with van der Waals surface area (Å²) in [6.07, 6.45) is 46.6. The van der Waals surface area contributed by atoms with Crippen LogP contribution in [0, 0.1) is 0 Å². The fourth-order valence-electron chi connectivity index (χ4n) is 8.03. The van der Waals surface area contributed by atoms with Crippen molar-refractivity contribution in [2.75, 3.05) is 61.5 Å². The van der Waals surface area contributed by atoms with Gasteiger partial charge in [-0.25, -0.2) is 5.01 Å². The van der Waals surface area contributed by atoms with Crippen LogP contribution in [-0.4, -0.2) is 113 Å². The van der Waals surface area contributed by atoms with Crippen molar-refractivity contribution in [3.05, 3.63) is 10.7 Å². The molecule has 0 bridgehead atoms. The molecule has 0 saturated heterocycles. The van der Waals surface area contributed by atoms with E-state index in [0.717, 1.165) is 109 Å². The molecule has 10 nitrogen and oxygen atoms in total. The average molecular weight is 972 g/mol. The van der Waals surface area contributed by atoms with Gasteiger partial charge in [-0.15, -0.1) is 0 Å². The van der Waals surface area contributed by atoms with Crippen molar-refractivity contribution in [2.45, 2.75) is 265 Å². The highest BCUT2D eigenvalue weighted by Crippen LogP contribution is 2.17. The lowest BCUT2D eigenvalue weighted by Crippen LogP contribution is -2.42. The highest BCUT2D eigenvalue weighted by atomic mass is 35.5. The second kappa shape index (κ2) is 56.7. The Hall–Kier alpha value is -1.85. The van der Waals surface area contributed by atoms with E-state index in [1.54, 1.807) is 26.2 Å². The molecule has 1 unspecified atom stereocenters. The quantitative estimate of drug-likeness (QED) is 0.0276. The molecule has 0 aliphatic rings. The minimum atomic E-state index is -0.354. The summed E-state index contributed by atoms with van der Waals surface area (Å²) in [6.45, 7) is 12.5. The van der Waals surface area contributed by atoms with Crippen LogP contribution in [0.3, 0.4) is 0 Å². The summed E-state index contributed by atoms with van der Waals surface area (Å²) in [5, 5.41) is 5.96. The molecular formula is C56H111ClN4O6. The Bertz CT molecular complexity index is 1050. The van der Waals surface area contributed by atoms with Gasteiger partial charge in [-0.1, -0.05) is 193 Å². The molecule has 0 radical (unpaired) electrons. The Morgan fingerprint density at radius 3 is 1.22 bits per heavy atom. The third-order valence-corrected chi connectivity index (χ3v) is 13.0. The van der Waals surface area contributed by atoms with Gasteiger partial charge in [0, 0.05) is 54.7 Å². The van der Waals surface area contributed by atoms with Crippen LogP contribution in [0.15, 0.2) is 10.7 Å². The summed E-state index contributed by atoms with van der Waals surface area (Å²) >= 11 is 6.01. The topological polar surface area (TPSA) is 108 Å². The number of carbonyl (C=O) groups is 4. The molecular weight excluding hydrogens is 860 g/mol. The van der Waals surface area contributed by atoms with E-state index in [4.69, 9.17) is 21.1 Å². The number of hydrogen-bond donors (Lipinski definition) is 1. The monoisotopic (exact) mass is 971 g/mol. The number of unbranched alkanes of at least 4 members (excludes halogenated alkanes) is 25. The molecule has 1 amide bonds. The Balaban J connectivity index is -0.00000106. The van der Waals surface area contributed by atoms with Gasteiger partial charge in [0.25, 0.3) is 5.91 Å². The predicted octanol–water partition coefficient (Wildman–Crippen LogP) is 14.6. The summed E-state index contributed by atoms with van der Waals surface area (Å²) in [4.78, 5) is 47.1. The van der Waals surface area contributed by atoms with Crippen molar-refractivity contribution in [2.24, 2.45) is 0 Å². The number of nitrogens with zero attached hydrogens (tertiary/aromatic N) is 3. The zero-order valence-corrected chi connectivity index (χ0v) is 46.4. The van der Waals surface area contributed by atoms with E-state index in [2.05, 4.69) is 37.9 Å². The standard InChI is InChI=1S/C26H47ClN4O4.C18H38O.C12H26O/c1-29(2)30(3)26(35)25(24(27)23-34)28-17-16-20-31(18-12-8-4-6-10-14-21-32)19-13-9-5-7-11-15-22-33;1-4-6-8-10-12-14-16-18(19-3)17-15-13-11-9-7-5-2;1-4-6-7-8-9-10-11-12(5-2)13-3/h21-23,28H,4-20H2,1-3H3;18H,4-17H2,1-3H3;12H,4-11H2,1-3H3/b25-24-;;. The van der Waals surface area contributed by atoms with Crippen LogP contribution in [0.1, 0.15) is 252 Å². The number of hydrogen-bond acceptors (Lipinski definition) is 9. The van der Waals surface area contributed by atoms with Crippen LogP contribution >= 0.6 is 11.6 Å². The van der Waals surface area contributed by atoms with E-state index in [9.17, 15) is 19.2 Å². The van der Waals surface area contributed by atoms with Gasteiger partial charge in [0.2, 0.25) is 0 Å². The van der Waals surface area contributed by atoms with Crippen LogP contribution < -0.4 is 5.32 Å². The molecule has 0 spiro atoms. The highest BCUT2D eigenvalue weighted by Gasteiger charge is 2.20. The summed E-state index contributed by atoms with van der Waals surface area (Å²) in [6, 6.07) is 0. The fraction of sp³-hybridized carbons (Fsp3) is 0.893. The molecule has 0 rings (SSSR count). The maximum absolute atomic E-state index is 12.6. The second-order valence-corrected chi connectivity index (χ2v) is 19.3. The summed E-state index contributed by atoms with van der Waals surface area (Å²) < 4.78 is 10.9. The summed E-state index contributed by atoms with van der Waals surface area (Å²) in [7, 11) is 8.82. The lowest BCUT2D eigenvalue weighted by molar-refractivity contribution is -0.137. The molecule has 0 heterocycles. The first-order chi connectivity index (χ1) is 32.6. The predicted molar refractivity (Wildman–Crippen MR) is 288 cm³/mol. The third-order valence-electron chi connectivity index (χ3n) is 12.8. The van der Waals surface area contributed by atoms with E-state index in [1.807, 2.05) is 14.2 Å². The molecule has 0 aliphatic heterocycles. The maximum Gasteiger partial charge on any atom is 0.285 e. The second-order valence-electron chi connectivity index (χ2n) is 18.9. The lowest BCUT2D eigenvalue weighted by atomic mass is 10.0. The number of hydrazine groups is 1. The number of ether oxygens (including phenoxy) is 2. The Labute approximate surface area is 420 Å². The van der Waals surface area contributed by atoms with Crippen molar-refractivity contribution < 1.29 is 28.7 Å². The molecule has 0 fully saturated rings. The molecule has 0 saturated carbocycles. The Morgan fingerprint density at radius 1 is 0.507 bits per heavy atom. The molecule has 1 atom stereocenters. The SMILES string of the molecule is CCCCCCCCC(CC)OC.CCCCCCCCC(CCCCCCCC)OC.CN(C)N(C)C(=O)/C(NCCCN(CCCCCCCC=O)CCCCCCCC=O)=C(/Cl)C=O. The van der Waals surface area contributed by atoms with Gasteiger partial charge in [-0.2, -0.15) is 0 Å². The highest BCUT2D eigenvalue weighted by molar-refractivity contribution is 6.40. The summed E-state index contributed by atoms with van der Waals surface area (Å²) in [5.74, 6) is -0.354. The van der Waals surface area contributed by atoms with Crippen molar-refractivity contribution >= 4 is 36.4 Å². The number of rotatable bonds is 48. The number of carbonyl (C=O) groups excluding carboxylic acids is 4. The first kappa shape index (κ1) is 69.4. The number of aldehydes is 3. The number of likely N-dealkylation sites (N-methyl/N-ethyl adjacent to an activating group) is 1. The smallest absolute Gasteiger partial charge is 0.285 e. The molecule has 0 aliphatic carbocycles. The number of methoxy groups -OCH3 is 2. The van der Waals surface area contributed by atoms with Crippen LogP contribution in [-0.2, 0) is 28.7 Å². The number of nitrogens with one attached hydrogen (secondary N) is 1. The van der Waals surface area contributed by atoms with Gasteiger partial charge in [0.15, 0.2) is 6.29 Å². The normalized spacial score (nSPS) is 12.0. The first-order valence-corrected chi connectivity index (χ1v) is 28.2. The van der Waals surface area contributed by atoms with Crippen LogP contribution in [0.4, 0.5) is 0 Å². The Morgan fingerprint density at radius 2 is 0.866 bits per heavy atom. The van der Waals surface area contributed by atoms with Crippen molar-refractivity contribution in [3.63, 3.8) is 0 Å². The molecule has 0 aromatic carbocycles. The van der Waals surface area contributed by atoms with E-state index >= 15 is 0 Å². The van der Waals surface area contributed by atoms with E-state index in [1.165, 1.54) is 140 Å². The molecule has 67 heavy (non-hydrogen) atoms.